The Morgan fingerprint density at radius 3 is 2.21 bits per heavy atom. The molecule has 0 heterocycles. The molecule has 0 fully saturated rings. The lowest BCUT2D eigenvalue weighted by atomic mass is 10.3. The summed E-state index contributed by atoms with van der Waals surface area (Å²) in [7, 11) is 3.46. The van der Waals surface area contributed by atoms with E-state index < -0.39 is 0 Å². The van der Waals surface area contributed by atoms with Crippen molar-refractivity contribution in [2.45, 2.75) is 0 Å². The van der Waals surface area contributed by atoms with Crippen LogP contribution in [0.25, 0.3) is 0 Å². The fourth-order valence-electron chi connectivity index (χ4n) is 2.17. The summed E-state index contributed by atoms with van der Waals surface area (Å²) in [4.78, 5) is 27.5. The van der Waals surface area contributed by atoms with Gasteiger partial charge in [0.1, 0.15) is 0 Å². The summed E-state index contributed by atoms with van der Waals surface area (Å²) in [5.41, 5.74) is 1.49. The minimum absolute atomic E-state index is 0.0806. The molecule has 0 aliphatic rings. The maximum Gasteiger partial charge on any atom is 0.240 e. The molecule has 126 valence electrons. The molecule has 0 spiro atoms. The lowest BCUT2D eigenvalue weighted by molar-refractivity contribution is -0.120. The molecule has 0 saturated heterocycles. The zero-order valence-electron chi connectivity index (χ0n) is 13.7. The highest BCUT2D eigenvalue weighted by Gasteiger charge is 2.15. The first-order valence-electron chi connectivity index (χ1n) is 7.51. The summed E-state index contributed by atoms with van der Waals surface area (Å²) in [5, 5.41) is 3.38. The zero-order chi connectivity index (χ0) is 17.5. The van der Waals surface area contributed by atoms with Crippen LogP contribution in [0.4, 0.5) is 11.4 Å². The molecule has 0 aromatic heterocycles. The van der Waals surface area contributed by atoms with Gasteiger partial charge in [0, 0.05) is 23.4 Å². The van der Waals surface area contributed by atoms with Crippen LogP contribution in [0, 0.1) is 0 Å². The van der Waals surface area contributed by atoms with Crippen molar-refractivity contribution >= 4 is 34.8 Å². The van der Waals surface area contributed by atoms with Gasteiger partial charge >= 0.3 is 0 Å². The molecule has 0 bridgehead atoms. The number of carbonyl (C=O) groups is 2. The minimum atomic E-state index is -0.185. The summed E-state index contributed by atoms with van der Waals surface area (Å²) in [6.45, 7) is 0.274. The molecule has 2 aromatic rings. The van der Waals surface area contributed by atoms with Crippen molar-refractivity contribution in [3.8, 4) is 0 Å². The molecule has 0 radical (unpaired) electrons. The second-order valence-electron chi connectivity index (χ2n) is 5.52. The molecule has 0 aliphatic heterocycles. The topological polar surface area (TPSA) is 52.7 Å². The summed E-state index contributed by atoms with van der Waals surface area (Å²) in [6, 6.07) is 16.3. The fourth-order valence-corrected chi connectivity index (χ4v) is 2.29. The van der Waals surface area contributed by atoms with E-state index in [1.807, 2.05) is 30.3 Å². The van der Waals surface area contributed by atoms with Crippen LogP contribution in [0.2, 0.25) is 5.02 Å². The number of anilines is 2. The predicted octanol–water partition coefficient (Wildman–Crippen LogP) is 2.87. The van der Waals surface area contributed by atoms with Crippen LogP contribution in [0.15, 0.2) is 54.6 Å². The number of hydrogen-bond donors (Lipinski definition) is 1. The van der Waals surface area contributed by atoms with Crippen LogP contribution in [0.1, 0.15) is 0 Å². The normalized spacial score (nSPS) is 10.5. The van der Waals surface area contributed by atoms with Crippen LogP contribution in [0.3, 0.4) is 0 Å². The molecule has 1 N–H and O–H groups in total. The smallest absolute Gasteiger partial charge is 0.240 e. The number of hydrogen-bond acceptors (Lipinski definition) is 3. The number of likely N-dealkylation sites (N-methyl/N-ethyl adjacent to an activating group) is 2. The first-order valence-corrected chi connectivity index (χ1v) is 7.89. The number of nitrogens with zero attached hydrogens (tertiary/aromatic N) is 2. The molecule has 2 aromatic carbocycles. The number of carbonyl (C=O) groups excluding carboxylic acids is 2. The van der Waals surface area contributed by atoms with Gasteiger partial charge in [0.15, 0.2) is 0 Å². The number of benzene rings is 2. The second kappa shape index (κ2) is 8.47. The Bertz CT molecular complexity index is 689. The Kier molecular flexibility index (Phi) is 6.35. The quantitative estimate of drug-likeness (QED) is 0.875. The number of halogens is 1. The van der Waals surface area contributed by atoms with Crippen molar-refractivity contribution in [3.05, 3.63) is 59.6 Å². The van der Waals surface area contributed by atoms with Crippen molar-refractivity contribution in [1.29, 1.82) is 0 Å². The van der Waals surface area contributed by atoms with E-state index in [0.717, 1.165) is 5.69 Å². The molecule has 24 heavy (non-hydrogen) atoms. The molecule has 0 atom stereocenters. The van der Waals surface area contributed by atoms with E-state index in [0.29, 0.717) is 10.7 Å². The number of rotatable bonds is 6. The van der Waals surface area contributed by atoms with E-state index in [4.69, 9.17) is 11.6 Å². The minimum Gasteiger partial charge on any atom is -0.325 e. The van der Waals surface area contributed by atoms with Crippen LogP contribution in [-0.4, -0.2) is 43.9 Å². The van der Waals surface area contributed by atoms with Crippen molar-refractivity contribution in [1.82, 2.24) is 4.90 Å². The molecule has 0 saturated carbocycles. The Labute approximate surface area is 146 Å². The summed E-state index contributed by atoms with van der Waals surface area (Å²) >= 11 is 5.81. The first kappa shape index (κ1) is 18.0. The number of amides is 2. The van der Waals surface area contributed by atoms with Gasteiger partial charge in [-0.15, -0.1) is 0 Å². The average Bonchev–Trinajstić information content (AvgIpc) is 2.56. The SMILES string of the molecule is CN(CC(=O)Nc1ccc(Cl)cc1)CC(=O)N(C)c1ccccc1. The lowest BCUT2D eigenvalue weighted by Gasteiger charge is -2.21. The maximum absolute atomic E-state index is 12.3. The van der Waals surface area contributed by atoms with Gasteiger partial charge in [-0.1, -0.05) is 29.8 Å². The van der Waals surface area contributed by atoms with Crippen molar-refractivity contribution in [2.24, 2.45) is 0 Å². The average molecular weight is 346 g/mol. The molecular formula is C18H20ClN3O2. The van der Waals surface area contributed by atoms with Gasteiger partial charge in [-0.25, -0.2) is 0 Å². The van der Waals surface area contributed by atoms with Crippen LogP contribution < -0.4 is 10.2 Å². The fraction of sp³-hybridized carbons (Fsp3) is 0.222. The molecule has 5 nitrogen and oxygen atoms in total. The van der Waals surface area contributed by atoms with E-state index >= 15 is 0 Å². The molecular weight excluding hydrogens is 326 g/mol. The number of para-hydroxylation sites is 1. The maximum atomic E-state index is 12.3. The molecule has 2 rings (SSSR count). The zero-order valence-corrected chi connectivity index (χ0v) is 14.5. The van der Waals surface area contributed by atoms with Gasteiger partial charge in [-0.05, 0) is 43.4 Å². The first-order chi connectivity index (χ1) is 11.5. The largest absolute Gasteiger partial charge is 0.325 e. The molecule has 6 heteroatoms. The van der Waals surface area contributed by atoms with Gasteiger partial charge < -0.3 is 10.2 Å². The van der Waals surface area contributed by atoms with Gasteiger partial charge in [-0.3, -0.25) is 14.5 Å². The van der Waals surface area contributed by atoms with Gasteiger partial charge in [0.2, 0.25) is 11.8 Å². The highest BCUT2D eigenvalue weighted by molar-refractivity contribution is 6.30. The third-order valence-electron chi connectivity index (χ3n) is 3.46. The third-order valence-corrected chi connectivity index (χ3v) is 3.72. The highest BCUT2D eigenvalue weighted by Crippen LogP contribution is 2.13. The monoisotopic (exact) mass is 345 g/mol. The Morgan fingerprint density at radius 1 is 0.958 bits per heavy atom. The Hall–Kier alpha value is -2.37. The molecule has 0 unspecified atom stereocenters. The lowest BCUT2D eigenvalue weighted by Crippen LogP contribution is -2.39. The summed E-state index contributed by atoms with van der Waals surface area (Å²) < 4.78 is 0. The molecule has 2 amide bonds. The number of nitrogens with one attached hydrogen (secondary N) is 1. The van der Waals surface area contributed by atoms with E-state index in [-0.39, 0.29) is 24.9 Å². The van der Waals surface area contributed by atoms with Gasteiger partial charge in [0.25, 0.3) is 0 Å². The van der Waals surface area contributed by atoms with Gasteiger partial charge in [0.05, 0.1) is 13.1 Å². The highest BCUT2D eigenvalue weighted by atomic mass is 35.5. The Morgan fingerprint density at radius 2 is 1.58 bits per heavy atom. The van der Waals surface area contributed by atoms with Crippen molar-refractivity contribution in [3.63, 3.8) is 0 Å². The Balaban J connectivity index is 1.83. The molecule has 0 aliphatic carbocycles. The summed E-state index contributed by atoms with van der Waals surface area (Å²) in [6.07, 6.45) is 0. The van der Waals surface area contributed by atoms with E-state index in [2.05, 4.69) is 5.32 Å². The van der Waals surface area contributed by atoms with E-state index in [1.54, 1.807) is 48.2 Å². The predicted molar refractivity (Wildman–Crippen MR) is 97.4 cm³/mol. The van der Waals surface area contributed by atoms with E-state index in [9.17, 15) is 9.59 Å². The van der Waals surface area contributed by atoms with Crippen LogP contribution >= 0.6 is 11.6 Å². The second-order valence-corrected chi connectivity index (χ2v) is 5.95. The standard InChI is InChI=1S/C18H20ClN3O2/c1-21(12-17(23)20-15-10-8-14(19)9-11-15)13-18(24)22(2)16-6-4-3-5-7-16/h3-11H,12-13H2,1-2H3,(H,20,23). The summed E-state index contributed by atoms with van der Waals surface area (Å²) in [5.74, 6) is -0.266. The van der Waals surface area contributed by atoms with Crippen LogP contribution in [0.5, 0.6) is 0 Å². The van der Waals surface area contributed by atoms with Crippen LogP contribution in [-0.2, 0) is 9.59 Å². The van der Waals surface area contributed by atoms with Crippen molar-refractivity contribution in [2.75, 3.05) is 37.4 Å². The van der Waals surface area contributed by atoms with Gasteiger partial charge in [-0.2, -0.15) is 0 Å². The third kappa shape index (κ3) is 5.37. The van der Waals surface area contributed by atoms with E-state index in [1.165, 1.54) is 0 Å². The van der Waals surface area contributed by atoms with Crippen molar-refractivity contribution < 1.29 is 9.59 Å².